The van der Waals surface area contributed by atoms with Crippen molar-refractivity contribution in [2.75, 3.05) is 0 Å². The summed E-state index contributed by atoms with van der Waals surface area (Å²) in [6.45, 7) is 2.28. The zero-order chi connectivity index (χ0) is 22.6. The minimum atomic E-state index is -1.09. The van der Waals surface area contributed by atoms with E-state index in [9.17, 15) is 15.0 Å². The number of hydrogen-bond acceptors (Lipinski definition) is 2. The lowest BCUT2D eigenvalue weighted by atomic mass is 10.0. The number of hydrogen-bond donors (Lipinski definition) is 2. The maximum Gasteiger partial charge on any atom is 0.340 e. The van der Waals surface area contributed by atoms with Crippen LogP contribution >= 0.6 is 0 Å². The Balaban J connectivity index is 1.90. The topological polar surface area (TPSA) is 57.5 Å². The maximum atomic E-state index is 11.2. The zero-order valence-electron chi connectivity index (χ0n) is 19.9. The first-order chi connectivity index (χ1) is 15.2. The predicted molar refractivity (Wildman–Crippen MR) is 133 cm³/mol. The number of benzene rings is 1. The molecule has 176 valence electrons. The zero-order valence-corrected chi connectivity index (χ0v) is 19.9. The molecule has 0 aliphatic carbocycles. The molecule has 0 atom stereocenters. The second-order valence-electron chi connectivity index (χ2n) is 8.89. The van der Waals surface area contributed by atoms with E-state index in [1.807, 2.05) is 12.2 Å². The van der Waals surface area contributed by atoms with Crippen LogP contribution in [-0.2, 0) is 0 Å². The van der Waals surface area contributed by atoms with Crippen LogP contribution in [0.15, 0.2) is 24.3 Å². The van der Waals surface area contributed by atoms with Gasteiger partial charge in [0, 0.05) is 0 Å². The van der Waals surface area contributed by atoms with E-state index in [-0.39, 0.29) is 11.3 Å². The van der Waals surface area contributed by atoms with E-state index >= 15 is 0 Å². The van der Waals surface area contributed by atoms with Gasteiger partial charge in [0.1, 0.15) is 11.3 Å². The van der Waals surface area contributed by atoms with Gasteiger partial charge in [0.25, 0.3) is 0 Å². The number of carbonyl (C=O) groups is 1. The molecule has 3 nitrogen and oxygen atoms in total. The van der Waals surface area contributed by atoms with Crippen LogP contribution < -0.4 is 0 Å². The number of carboxylic acids is 1. The Kier molecular flexibility index (Phi) is 16.7. The van der Waals surface area contributed by atoms with Gasteiger partial charge >= 0.3 is 5.97 Å². The molecule has 0 saturated carbocycles. The van der Waals surface area contributed by atoms with Gasteiger partial charge in [0.15, 0.2) is 0 Å². The molecule has 2 N–H and O–H groups in total. The van der Waals surface area contributed by atoms with Gasteiger partial charge in [0.2, 0.25) is 0 Å². The Labute approximate surface area is 191 Å². The molecule has 0 aliphatic rings. The van der Waals surface area contributed by atoms with Crippen LogP contribution in [0.5, 0.6) is 5.75 Å². The number of rotatable bonds is 20. The highest BCUT2D eigenvalue weighted by molar-refractivity contribution is 5.95. The van der Waals surface area contributed by atoms with E-state index < -0.39 is 5.97 Å². The molecule has 31 heavy (non-hydrogen) atoms. The lowest BCUT2D eigenvalue weighted by molar-refractivity contribution is 0.0693. The molecule has 3 heteroatoms. The number of aromatic hydroxyl groups is 1. The summed E-state index contributed by atoms with van der Waals surface area (Å²) in [5.74, 6) is -1.26. The lowest BCUT2D eigenvalue weighted by Crippen LogP contribution is -1.99. The molecule has 1 aromatic rings. The average molecular weight is 431 g/mol. The summed E-state index contributed by atoms with van der Waals surface area (Å²) < 4.78 is 0. The Morgan fingerprint density at radius 2 is 1.19 bits per heavy atom. The summed E-state index contributed by atoms with van der Waals surface area (Å²) in [4.78, 5) is 11.2. The van der Waals surface area contributed by atoms with Crippen LogP contribution in [0, 0.1) is 0 Å². The van der Waals surface area contributed by atoms with Crippen molar-refractivity contribution in [3.63, 3.8) is 0 Å². The van der Waals surface area contributed by atoms with E-state index in [4.69, 9.17) is 0 Å². The van der Waals surface area contributed by atoms with Gasteiger partial charge in [0.05, 0.1) is 0 Å². The number of unbranched alkanes of at least 4 members (excludes halogenated alkanes) is 17. The van der Waals surface area contributed by atoms with Gasteiger partial charge in [-0.2, -0.15) is 0 Å². The number of allylic oxidation sites excluding steroid dienone is 1. The number of phenols is 1. The minimum Gasteiger partial charge on any atom is -0.507 e. The van der Waals surface area contributed by atoms with Crippen molar-refractivity contribution in [1.29, 1.82) is 0 Å². The van der Waals surface area contributed by atoms with Crippen molar-refractivity contribution in [3.8, 4) is 5.75 Å². The fraction of sp³-hybridized carbons (Fsp3) is 0.679. The van der Waals surface area contributed by atoms with E-state index in [0.717, 1.165) is 12.8 Å². The Hall–Kier alpha value is -1.77. The van der Waals surface area contributed by atoms with Crippen molar-refractivity contribution < 1.29 is 15.0 Å². The Bertz CT molecular complexity index is 606. The average Bonchev–Trinajstić information content (AvgIpc) is 2.75. The van der Waals surface area contributed by atoms with Crippen LogP contribution in [-0.4, -0.2) is 16.2 Å². The molecule has 0 bridgehead atoms. The normalized spacial score (nSPS) is 11.4. The molecule has 0 amide bonds. The van der Waals surface area contributed by atoms with Gasteiger partial charge in [-0.25, -0.2) is 4.79 Å². The van der Waals surface area contributed by atoms with Crippen LogP contribution in [0.2, 0.25) is 0 Å². The quantitative estimate of drug-likeness (QED) is 0.203. The summed E-state index contributed by atoms with van der Waals surface area (Å²) in [6.07, 6.45) is 28.1. The molecule has 0 heterocycles. The van der Waals surface area contributed by atoms with Crippen LogP contribution in [0.1, 0.15) is 138 Å². The largest absolute Gasteiger partial charge is 0.507 e. The summed E-state index contributed by atoms with van der Waals surface area (Å²) in [5, 5.41) is 18.9. The van der Waals surface area contributed by atoms with Crippen LogP contribution in [0.4, 0.5) is 0 Å². The maximum absolute atomic E-state index is 11.2. The van der Waals surface area contributed by atoms with E-state index in [2.05, 4.69) is 6.92 Å². The molecule has 0 saturated heterocycles. The van der Waals surface area contributed by atoms with E-state index in [1.54, 1.807) is 12.1 Å². The van der Waals surface area contributed by atoms with E-state index in [1.165, 1.54) is 109 Å². The summed E-state index contributed by atoms with van der Waals surface area (Å²) in [6, 6.07) is 4.82. The first kappa shape index (κ1) is 27.3. The SMILES string of the molecule is CCCCCCCCCCCCCCCCCCCC=Cc1cccc(O)c1C(=O)O. The van der Waals surface area contributed by atoms with Crippen LogP contribution in [0.25, 0.3) is 6.08 Å². The number of aromatic carboxylic acids is 1. The van der Waals surface area contributed by atoms with Crippen molar-refractivity contribution in [2.45, 2.75) is 122 Å². The van der Waals surface area contributed by atoms with Crippen molar-refractivity contribution in [2.24, 2.45) is 0 Å². The number of carboxylic acid groups (broad SMARTS) is 1. The molecule has 0 spiro atoms. The molecule has 0 aliphatic heterocycles. The fourth-order valence-corrected chi connectivity index (χ4v) is 4.13. The second kappa shape index (κ2) is 19.0. The first-order valence-corrected chi connectivity index (χ1v) is 12.9. The fourth-order valence-electron chi connectivity index (χ4n) is 4.13. The van der Waals surface area contributed by atoms with Crippen molar-refractivity contribution in [3.05, 3.63) is 35.4 Å². The van der Waals surface area contributed by atoms with Gasteiger partial charge < -0.3 is 10.2 Å². The van der Waals surface area contributed by atoms with Crippen molar-refractivity contribution in [1.82, 2.24) is 0 Å². The van der Waals surface area contributed by atoms with Crippen LogP contribution in [0.3, 0.4) is 0 Å². The Morgan fingerprint density at radius 3 is 1.65 bits per heavy atom. The van der Waals surface area contributed by atoms with Gasteiger partial charge in [-0.05, 0) is 24.5 Å². The highest BCUT2D eigenvalue weighted by Crippen LogP contribution is 2.22. The third-order valence-electron chi connectivity index (χ3n) is 6.06. The molecule has 0 fully saturated rings. The summed E-state index contributed by atoms with van der Waals surface area (Å²) in [5.41, 5.74) is 0.556. The first-order valence-electron chi connectivity index (χ1n) is 12.9. The molecular formula is C28H46O3. The molecule has 1 aromatic carbocycles. The lowest BCUT2D eigenvalue weighted by Gasteiger charge is -2.04. The molecule has 0 aromatic heterocycles. The summed E-state index contributed by atoms with van der Waals surface area (Å²) in [7, 11) is 0. The Morgan fingerprint density at radius 1 is 0.742 bits per heavy atom. The van der Waals surface area contributed by atoms with Crippen molar-refractivity contribution >= 4 is 12.0 Å². The smallest absolute Gasteiger partial charge is 0.340 e. The third kappa shape index (κ3) is 14.0. The molecule has 0 radical (unpaired) electrons. The third-order valence-corrected chi connectivity index (χ3v) is 6.06. The van der Waals surface area contributed by atoms with Gasteiger partial charge in [-0.15, -0.1) is 0 Å². The second-order valence-corrected chi connectivity index (χ2v) is 8.89. The minimum absolute atomic E-state index is 0.0128. The monoisotopic (exact) mass is 430 g/mol. The summed E-state index contributed by atoms with van der Waals surface area (Å²) >= 11 is 0. The van der Waals surface area contributed by atoms with Gasteiger partial charge in [-0.1, -0.05) is 134 Å². The highest BCUT2D eigenvalue weighted by atomic mass is 16.4. The van der Waals surface area contributed by atoms with E-state index in [0.29, 0.717) is 5.56 Å². The highest BCUT2D eigenvalue weighted by Gasteiger charge is 2.12. The molecule has 1 rings (SSSR count). The molecule has 0 unspecified atom stereocenters. The van der Waals surface area contributed by atoms with Gasteiger partial charge in [-0.3, -0.25) is 0 Å². The molecular weight excluding hydrogens is 384 g/mol. The predicted octanol–water partition coefficient (Wildman–Crippen LogP) is 9.15. The standard InChI is InChI=1S/C28H46O3/c1-2-3-4-5-6-7-8-9-10-11-12-13-14-15-16-17-18-19-20-22-25-23-21-24-26(29)27(25)28(30)31/h20-24,29H,2-19H2,1H3,(H,30,31).